The predicted octanol–water partition coefficient (Wildman–Crippen LogP) is 3.25. The van der Waals surface area contributed by atoms with Crippen molar-refractivity contribution in [2.75, 3.05) is 18.5 Å². The van der Waals surface area contributed by atoms with Crippen LogP contribution in [-0.2, 0) is 17.4 Å². The van der Waals surface area contributed by atoms with E-state index in [-0.39, 0.29) is 36.8 Å². The van der Waals surface area contributed by atoms with E-state index in [1.54, 1.807) is 6.07 Å². The minimum atomic E-state index is -4.53. The Kier molecular flexibility index (Phi) is 6.78. The second-order valence-corrected chi connectivity index (χ2v) is 9.02. The first-order chi connectivity index (χ1) is 16.1. The molecule has 12 heteroatoms. The Hall–Kier alpha value is -3.15. The van der Waals surface area contributed by atoms with Gasteiger partial charge >= 0.3 is 12.3 Å². The van der Waals surface area contributed by atoms with Gasteiger partial charge in [0.2, 0.25) is 5.91 Å². The fourth-order valence-electron chi connectivity index (χ4n) is 4.60. The number of aromatic amines is 1. The van der Waals surface area contributed by atoms with Crippen LogP contribution in [0.4, 0.5) is 23.8 Å². The van der Waals surface area contributed by atoms with Crippen molar-refractivity contribution < 1.29 is 33.0 Å². The summed E-state index contributed by atoms with van der Waals surface area (Å²) >= 11 is 0. The molecular weight excluding hydrogens is 455 g/mol. The van der Waals surface area contributed by atoms with Crippen molar-refractivity contribution in [2.45, 2.75) is 50.2 Å². The highest BCUT2D eigenvalue weighted by Crippen LogP contribution is 2.42. The first kappa shape index (κ1) is 24.0. The van der Waals surface area contributed by atoms with Gasteiger partial charge in [0.15, 0.2) is 5.82 Å². The minimum Gasteiger partial charge on any atom is -0.465 e. The van der Waals surface area contributed by atoms with E-state index in [2.05, 4.69) is 20.5 Å². The first-order valence-electron chi connectivity index (χ1n) is 11.1. The maximum absolute atomic E-state index is 12.6. The molecule has 9 nitrogen and oxygen atoms in total. The molecule has 34 heavy (non-hydrogen) atoms. The summed E-state index contributed by atoms with van der Waals surface area (Å²) in [5.74, 6) is 0.327. The first-order valence-corrected chi connectivity index (χ1v) is 11.1. The predicted molar refractivity (Wildman–Crippen MR) is 114 cm³/mol. The lowest BCUT2D eigenvalue weighted by Crippen LogP contribution is -2.39. The fourth-order valence-corrected chi connectivity index (χ4v) is 4.60. The third-order valence-electron chi connectivity index (χ3n) is 6.61. The van der Waals surface area contributed by atoms with Gasteiger partial charge in [-0.1, -0.05) is 6.07 Å². The summed E-state index contributed by atoms with van der Waals surface area (Å²) in [7, 11) is 0. The number of H-pyrrole nitrogens is 1. The van der Waals surface area contributed by atoms with Gasteiger partial charge in [0, 0.05) is 43.1 Å². The molecule has 2 aliphatic rings. The van der Waals surface area contributed by atoms with Gasteiger partial charge in [-0.05, 0) is 49.1 Å². The van der Waals surface area contributed by atoms with E-state index in [0.29, 0.717) is 24.3 Å². The van der Waals surface area contributed by atoms with Crippen LogP contribution < -0.4 is 5.32 Å². The zero-order valence-electron chi connectivity index (χ0n) is 18.3. The topological polar surface area (TPSA) is 131 Å². The van der Waals surface area contributed by atoms with Crippen molar-refractivity contribution >= 4 is 17.8 Å². The van der Waals surface area contributed by atoms with Gasteiger partial charge < -0.3 is 20.4 Å². The van der Waals surface area contributed by atoms with Crippen LogP contribution in [0.2, 0.25) is 0 Å². The van der Waals surface area contributed by atoms with E-state index in [0.717, 1.165) is 37.2 Å². The Morgan fingerprint density at radius 1 is 1.21 bits per heavy atom. The highest BCUT2D eigenvalue weighted by Gasteiger charge is 2.42. The number of rotatable bonds is 8. The van der Waals surface area contributed by atoms with Gasteiger partial charge in [-0.2, -0.15) is 18.3 Å². The second-order valence-electron chi connectivity index (χ2n) is 9.02. The number of carbonyl (C=O) groups is 2. The van der Waals surface area contributed by atoms with Crippen molar-refractivity contribution in [3.63, 3.8) is 0 Å². The molecule has 0 aromatic carbocycles. The zero-order chi connectivity index (χ0) is 24.5. The number of nitrogens with zero attached hydrogens (tertiary/aromatic N) is 3. The smallest absolute Gasteiger partial charge is 0.433 e. The number of anilines is 1. The van der Waals surface area contributed by atoms with Gasteiger partial charge in [-0.25, -0.2) is 4.79 Å². The summed E-state index contributed by atoms with van der Waals surface area (Å²) in [6.45, 7) is 0.518. The SMILES string of the molecule is O=C(Cc1ccc(C(F)(F)F)nc1)Nc1cc([C@@H]2CC[C@H](N(C[C@H]3C[C@@H]3CO)C(=O)O)C2)[nH]n1. The van der Waals surface area contributed by atoms with Gasteiger partial charge in [0.05, 0.1) is 6.42 Å². The summed E-state index contributed by atoms with van der Waals surface area (Å²) in [6, 6.07) is 3.63. The molecule has 0 spiro atoms. The van der Waals surface area contributed by atoms with Gasteiger partial charge in [0.1, 0.15) is 5.69 Å². The summed E-state index contributed by atoms with van der Waals surface area (Å²) in [4.78, 5) is 28.9. The van der Waals surface area contributed by atoms with Crippen molar-refractivity contribution in [2.24, 2.45) is 11.8 Å². The number of alkyl halides is 3. The number of pyridine rings is 1. The Balaban J connectivity index is 1.30. The highest BCUT2D eigenvalue weighted by atomic mass is 19.4. The lowest BCUT2D eigenvalue weighted by Gasteiger charge is -2.26. The number of hydrogen-bond donors (Lipinski definition) is 4. The molecule has 2 saturated carbocycles. The maximum atomic E-state index is 12.6. The van der Waals surface area contributed by atoms with E-state index in [4.69, 9.17) is 0 Å². The molecule has 2 aliphatic carbocycles. The fraction of sp³-hybridized carbons (Fsp3) is 0.545. The number of hydrogen-bond acceptors (Lipinski definition) is 5. The molecular formula is C22H26F3N5O4. The van der Waals surface area contributed by atoms with Crippen LogP contribution in [0, 0.1) is 11.8 Å². The number of carboxylic acid groups (broad SMARTS) is 1. The standard InChI is InChI=1S/C22H26F3N5O4/c23-22(24,25)18-4-1-12(9-26-18)5-20(32)27-19-8-17(28-29-19)13-2-3-16(7-13)30(21(33)34)10-14-6-15(14)11-31/h1,4,8-9,13-16,31H,2-3,5-7,10-11H2,(H,33,34)(H2,27,28,29,32)/t13-,14-,15-,16+/m1/s1. The average Bonchev–Trinajstić information content (AvgIpc) is 3.12. The van der Waals surface area contributed by atoms with Crippen LogP contribution in [0.15, 0.2) is 24.4 Å². The van der Waals surface area contributed by atoms with E-state index in [1.807, 2.05) is 0 Å². The molecule has 184 valence electrons. The maximum Gasteiger partial charge on any atom is 0.433 e. The highest BCUT2D eigenvalue weighted by molar-refractivity contribution is 5.91. The molecule has 0 unspecified atom stereocenters. The Labute approximate surface area is 193 Å². The second kappa shape index (κ2) is 9.61. The number of amides is 2. The Morgan fingerprint density at radius 2 is 2.00 bits per heavy atom. The molecule has 2 heterocycles. The van der Waals surface area contributed by atoms with E-state index >= 15 is 0 Å². The van der Waals surface area contributed by atoms with Crippen LogP contribution in [0.25, 0.3) is 0 Å². The zero-order valence-corrected chi connectivity index (χ0v) is 18.3. The Morgan fingerprint density at radius 3 is 2.62 bits per heavy atom. The molecule has 2 amide bonds. The number of carbonyl (C=O) groups excluding carboxylic acids is 1. The number of nitrogens with one attached hydrogen (secondary N) is 2. The van der Waals surface area contributed by atoms with Gasteiger partial charge in [0.25, 0.3) is 0 Å². The molecule has 4 rings (SSSR count). The minimum absolute atomic E-state index is 0.0666. The third kappa shape index (κ3) is 5.66. The molecule has 0 bridgehead atoms. The quantitative estimate of drug-likeness (QED) is 0.458. The van der Waals surface area contributed by atoms with Crippen LogP contribution in [0.3, 0.4) is 0 Å². The molecule has 2 aromatic heterocycles. The normalized spacial score (nSPS) is 24.1. The molecule has 4 N–H and O–H groups in total. The number of aliphatic hydroxyl groups excluding tert-OH is 1. The molecule has 4 atom stereocenters. The molecule has 0 radical (unpaired) electrons. The Bertz CT molecular complexity index is 1030. The van der Waals surface area contributed by atoms with Crippen LogP contribution in [-0.4, -0.2) is 61.5 Å². The van der Waals surface area contributed by atoms with Crippen LogP contribution in [0.5, 0.6) is 0 Å². The number of halogens is 3. The van der Waals surface area contributed by atoms with E-state index in [9.17, 15) is 33.0 Å². The largest absolute Gasteiger partial charge is 0.465 e. The molecule has 0 saturated heterocycles. The van der Waals surface area contributed by atoms with Gasteiger partial charge in [-0.15, -0.1) is 0 Å². The monoisotopic (exact) mass is 481 g/mol. The molecule has 2 aromatic rings. The van der Waals surface area contributed by atoms with Gasteiger partial charge in [-0.3, -0.25) is 14.9 Å². The van der Waals surface area contributed by atoms with E-state index < -0.39 is 23.9 Å². The summed E-state index contributed by atoms with van der Waals surface area (Å²) in [6.07, 6.45) is -1.64. The van der Waals surface area contributed by atoms with Crippen molar-refractivity contribution in [3.05, 3.63) is 41.3 Å². The lowest BCUT2D eigenvalue weighted by molar-refractivity contribution is -0.141. The van der Waals surface area contributed by atoms with E-state index in [1.165, 1.54) is 11.0 Å². The molecule has 2 fully saturated rings. The summed E-state index contributed by atoms with van der Waals surface area (Å²) in [5.41, 5.74) is 0.113. The lowest BCUT2D eigenvalue weighted by atomic mass is 10.0. The van der Waals surface area contributed by atoms with Crippen molar-refractivity contribution in [3.8, 4) is 0 Å². The average molecular weight is 481 g/mol. The summed E-state index contributed by atoms with van der Waals surface area (Å²) in [5, 5.41) is 28.5. The molecule has 0 aliphatic heterocycles. The number of aliphatic hydroxyl groups is 1. The van der Waals surface area contributed by atoms with Crippen molar-refractivity contribution in [1.29, 1.82) is 0 Å². The number of aromatic nitrogens is 3. The van der Waals surface area contributed by atoms with Crippen LogP contribution >= 0.6 is 0 Å². The van der Waals surface area contributed by atoms with Crippen molar-refractivity contribution in [1.82, 2.24) is 20.1 Å². The summed E-state index contributed by atoms with van der Waals surface area (Å²) < 4.78 is 37.8. The third-order valence-corrected chi connectivity index (χ3v) is 6.61. The van der Waals surface area contributed by atoms with Crippen LogP contribution in [0.1, 0.15) is 48.6 Å².